The largest absolute Gasteiger partial charge is 0.336 e. The van der Waals surface area contributed by atoms with Crippen LogP contribution in [0.25, 0.3) is 4.96 Å². The SMILES string of the molecule is O=C(c1cnc2sccn2c1=O)N1CCC[C@H](N2CCNC2=O)C1. The van der Waals surface area contributed by atoms with Crippen molar-refractivity contribution in [3.8, 4) is 0 Å². The lowest BCUT2D eigenvalue weighted by Gasteiger charge is -2.36. The van der Waals surface area contributed by atoms with E-state index in [1.54, 1.807) is 21.4 Å². The van der Waals surface area contributed by atoms with Gasteiger partial charge in [0.1, 0.15) is 5.56 Å². The lowest BCUT2D eigenvalue weighted by Crippen LogP contribution is -2.51. The minimum atomic E-state index is -0.340. The molecule has 2 saturated heterocycles. The number of likely N-dealkylation sites (tertiary alicyclic amines) is 1. The minimum absolute atomic E-state index is 0.00536. The smallest absolute Gasteiger partial charge is 0.317 e. The van der Waals surface area contributed by atoms with Crippen LogP contribution in [0.1, 0.15) is 23.2 Å². The molecular formula is C15H17N5O3S. The number of amides is 3. The van der Waals surface area contributed by atoms with E-state index in [0.29, 0.717) is 31.1 Å². The Bertz CT molecular complexity index is 860. The maximum absolute atomic E-state index is 12.8. The molecule has 2 aliphatic rings. The summed E-state index contributed by atoms with van der Waals surface area (Å²) >= 11 is 1.35. The molecule has 2 aliphatic heterocycles. The molecule has 0 radical (unpaired) electrons. The molecule has 24 heavy (non-hydrogen) atoms. The summed E-state index contributed by atoms with van der Waals surface area (Å²) in [7, 11) is 0. The fourth-order valence-electron chi connectivity index (χ4n) is 3.37. The number of hydrogen-bond acceptors (Lipinski definition) is 5. The maximum Gasteiger partial charge on any atom is 0.317 e. The zero-order valence-electron chi connectivity index (χ0n) is 13.0. The number of rotatable bonds is 2. The molecular weight excluding hydrogens is 330 g/mol. The highest BCUT2D eigenvalue weighted by molar-refractivity contribution is 7.15. The third-order valence-electron chi connectivity index (χ3n) is 4.59. The summed E-state index contributed by atoms with van der Waals surface area (Å²) in [6, 6.07) is -0.0680. The Hall–Kier alpha value is -2.42. The van der Waals surface area contributed by atoms with E-state index in [0.717, 1.165) is 12.8 Å². The fourth-order valence-corrected chi connectivity index (χ4v) is 4.05. The predicted molar refractivity (Wildman–Crippen MR) is 88.4 cm³/mol. The monoisotopic (exact) mass is 347 g/mol. The summed E-state index contributed by atoms with van der Waals surface area (Å²) in [4.78, 5) is 45.3. The van der Waals surface area contributed by atoms with Crippen LogP contribution in [0.3, 0.4) is 0 Å². The number of thiazole rings is 1. The molecule has 9 heteroatoms. The zero-order chi connectivity index (χ0) is 16.7. The Labute approximate surface area is 141 Å². The molecule has 3 amide bonds. The van der Waals surface area contributed by atoms with Crippen LogP contribution in [0.4, 0.5) is 4.79 Å². The van der Waals surface area contributed by atoms with Crippen LogP contribution in [0.15, 0.2) is 22.6 Å². The Morgan fingerprint density at radius 1 is 1.33 bits per heavy atom. The Balaban J connectivity index is 1.58. The highest BCUT2D eigenvalue weighted by Crippen LogP contribution is 2.19. The fraction of sp³-hybridized carbons (Fsp3) is 0.467. The maximum atomic E-state index is 12.8. The average molecular weight is 347 g/mol. The molecule has 4 heterocycles. The van der Waals surface area contributed by atoms with E-state index in [1.807, 2.05) is 0 Å². The van der Waals surface area contributed by atoms with Crippen LogP contribution in [-0.4, -0.2) is 63.3 Å². The van der Waals surface area contributed by atoms with Gasteiger partial charge in [-0.05, 0) is 12.8 Å². The van der Waals surface area contributed by atoms with Gasteiger partial charge in [-0.25, -0.2) is 9.78 Å². The molecule has 1 N–H and O–H groups in total. The van der Waals surface area contributed by atoms with Crippen LogP contribution in [0.2, 0.25) is 0 Å². The molecule has 0 aliphatic carbocycles. The Kier molecular flexibility index (Phi) is 3.72. The highest BCUT2D eigenvalue weighted by atomic mass is 32.1. The first-order chi connectivity index (χ1) is 11.6. The van der Waals surface area contributed by atoms with Crippen LogP contribution in [0, 0.1) is 0 Å². The molecule has 0 unspecified atom stereocenters. The lowest BCUT2D eigenvalue weighted by atomic mass is 10.0. The number of carbonyl (C=O) groups is 2. The number of piperidine rings is 1. The van der Waals surface area contributed by atoms with Crippen molar-refractivity contribution in [2.45, 2.75) is 18.9 Å². The van der Waals surface area contributed by atoms with Gasteiger partial charge in [-0.1, -0.05) is 0 Å². The van der Waals surface area contributed by atoms with Gasteiger partial charge >= 0.3 is 6.03 Å². The minimum Gasteiger partial charge on any atom is -0.336 e. The standard InChI is InChI=1S/C15H17N5O3S/c21-12(11-8-17-15-20(13(11)22)6-7-24-15)18-4-1-2-10(9-18)19-5-3-16-14(19)23/h6-8,10H,1-5,9H2,(H,16,23)/t10-/m0/s1. The molecule has 0 spiro atoms. The van der Waals surface area contributed by atoms with Crippen molar-refractivity contribution in [1.82, 2.24) is 24.5 Å². The summed E-state index contributed by atoms with van der Waals surface area (Å²) in [6.07, 6.45) is 4.68. The quantitative estimate of drug-likeness (QED) is 0.851. The van der Waals surface area contributed by atoms with Crippen LogP contribution >= 0.6 is 11.3 Å². The zero-order valence-corrected chi connectivity index (χ0v) is 13.8. The van der Waals surface area contributed by atoms with E-state index in [9.17, 15) is 14.4 Å². The number of carbonyl (C=O) groups excluding carboxylic acids is 2. The van der Waals surface area contributed by atoms with E-state index in [-0.39, 0.29) is 29.1 Å². The van der Waals surface area contributed by atoms with Gasteiger partial charge in [-0.15, -0.1) is 11.3 Å². The molecule has 126 valence electrons. The van der Waals surface area contributed by atoms with Crippen molar-refractivity contribution in [2.24, 2.45) is 0 Å². The first kappa shape index (κ1) is 15.1. The number of urea groups is 1. The van der Waals surface area contributed by atoms with Crippen molar-refractivity contribution >= 4 is 28.2 Å². The second-order valence-corrected chi connectivity index (χ2v) is 6.88. The van der Waals surface area contributed by atoms with Gasteiger partial charge < -0.3 is 15.1 Å². The molecule has 0 aromatic carbocycles. The topological polar surface area (TPSA) is 87.0 Å². The predicted octanol–water partition coefficient (Wildman–Crippen LogP) is 0.386. The van der Waals surface area contributed by atoms with E-state index in [2.05, 4.69) is 10.3 Å². The normalized spacial score (nSPS) is 21.3. The number of nitrogens with zero attached hydrogens (tertiary/aromatic N) is 4. The third-order valence-corrected chi connectivity index (χ3v) is 5.36. The summed E-state index contributed by atoms with van der Waals surface area (Å²) in [5.41, 5.74) is -0.260. The summed E-state index contributed by atoms with van der Waals surface area (Å²) in [5.74, 6) is -0.308. The van der Waals surface area contributed by atoms with Crippen molar-refractivity contribution in [2.75, 3.05) is 26.2 Å². The molecule has 2 aromatic heterocycles. The van der Waals surface area contributed by atoms with Gasteiger partial charge in [-0.3, -0.25) is 14.0 Å². The first-order valence-corrected chi connectivity index (χ1v) is 8.82. The van der Waals surface area contributed by atoms with E-state index < -0.39 is 0 Å². The van der Waals surface area contributed by atoms with Gasteiger partial charge in [0.25, 0.3) is 11.5 Å². The molecule has 0 saturated carbocycles. The lowest BCUT2D eigenvalue weighted by molar-refractivity contribution is 0.0632. The molecule has 8 nitrogen and oxygen atoms in total. The molecule has 2 aromatic rings. The Morgan fingerprint density at radius 3 is 3.00 bits per heavy atom. The van der Waals surface area contributed by atoms with Crippen molar-refractivity contribution in [3.63, 3.8) is 0 Å². The van der Waals surface area contributed by atoms with Gasteiger partial charge in [0.05, 0.1) is 6.04 Å². The number of aromatic nitrogens is 2. The van der Waals surface area contributed by atoms with E-state index in [4.69, 9.17) is 0 Å². The second-order valence-electron chi connectivity index (χ2n) is 6.01. The number of nitrogens with one attached hydrogen (secondary N) is 1. The van der Waals surface area contributed by atoms with Crippen LogP contribution in [0.5, 0.6) is 0 Å². The molecule has 1 atom stereocenters. The van der Waals surface area contributed by atoms with Gasteiger partial charge in [0.2, 0.25) is 0 Å². The number of fused-ring (bicyclic) bond motifs is 1. The van der Waals surface area contributed by atoms with Crippen molar-refractivity contribution in [1.29, 1.82) is 0 Å². The van der Waals surface area contributed by atoms with Crippen molar-refractivity contribution < 1.29 is 9.59 Å². The first-order valence-electron chi connectivity index (χ1n) is 7.94. The Morgan fingerprint density at radius 2 is 2.21 bits per heavy atom. The van der Waals surface area contributed by atoms with Gasteiger partial charge in [0, 0.05) is 44.0 Å². The van der Waals surface area contributed by atoms with Crippen LogP contribution < -0.4 is 10.9 Å². The summed E-state index contributed by atoms with van der Waals surface area (Å²) < 4.78 is 1.40. The van der Waals surface area contributed by atoms with E-state index >= 15 is 0 Å². The van der Waals surface area contributed by atoms with Crippen molar-refractivity contribution in [3.05, 3.63) is 33.7 Å². The second kappa shape index (κ2) is 5.90. The van der Waals surface area contributed by atoms with E-state index in [1.165, 1.54) is 21.9 Å². The molecule has 0 bridgehead atoms. The van der Waals surface area contributed by atoms with Crippen LogP contribution in [-0.2, 0) is 0 Å². The average Bonchev–Trinajstić information content (AvgIpc) is 3.24. The van der Waals surface area contributed by atoms with Gasteiger partial charge in [-0.2, -0.15) is 0 Å². The summed E-state index contributed by atoms with van der Waals surface area (Å²) in [6.45, 7) is 2.36. The summed E-state index contributed by atoms with van der Waals surface area (Å²) in [5, 5.41) is 4.56. The highest BCUT2D eigenvalue weighted by Gasteiger charge is 2.33. The third kappa shape index (κ3) is 2.44. The van der Waals surface area contributed by atoms with Gasteiger partial charge in [0.15, 0.2) is 4.96 Å². The molecule has 2 fully saturated rings. The molecule has 4 rings (SSSR count). The number of hydrogen-bond donors (Lipinski definition) is 1.